The molecule has 2 N–H and O–H groups in total. The quantitative estimate of drug-likeness (QED) is 0.771. The molecular weight excluding hydrogens is 204 g/mol. The van der Waals surface area contributed by atoms with E-state index in [2.05, 4.69) is 17.6 Å². The minimum atomic E-state index is -0.284. The van der Waals surface area contributed by atoms with Crippen LogP contribution in [0.2, 0.25) is 0 Å². The lowest BCUT2D eigenvalue weighted by atomic mass is 9.81. The molecule has 0 radical (unpaired) electrons. The number of carbonyl (C=O) groups excluding carboxylic acids is 1. The van der Waals surface area contributed by atoms with Gasteiger partial charge in [0.15, 0.2) is 0 Å². The van der Waals surface area contributed by atoms with Gasteiger partial charge < -0.3 is 15.4 Å². The van der Waals surface area contributed by atoms with Crippen molar-refractivity contribution in [3.63, 3.8) is 0 Å². The van der Waals surface area contributed by atoms with Gasteiger partial charge in [-0.05, 0) is 37.3 Å². The maximum Gasteiger partial charge on any atom is 0.407 e. The Balaban J connectivity index is 2.19. The molecule has 0 aromatic rings. The number of piperidine rings is 1. The van der Waals surface area contributed by atoms with Gasteiger partial charge in [0, 0.05) is 6.54 Å². The fourth-order valence-electron chi connectivity index (χ4n) is 1.79. The number of nitrogens with one attached hydrogen (secondary N) is 2. The van der Waals surface area contributed by atoms with Gasteiger partial charge >= 0.3 is 6.09 Å². The van der Waals surface area contributed by atoms with Gasteiger partial charge in [0.2, 0.25) is 0 Å². The molecule has 1 fully saturated rings. The Kier molecular flexibility index (Phi) is 5.06. The lowest BCUT2D eigenvalue weighted by molar-refractivity contribution is 0.124. The zero-order valence-corrected chi connectivity index (χ0v) is 10.6. The monoisotopic (exact) mass is 228 g/mol. The van der Waals surface area contributed by atoms with Gasteiger partial charge in [-0.15, -0.1) is 0 Å². The van der Waals surface area contributed by atoms with Crippen LogP contribution in [-0.2, 0) is 4.74 Å². The second-order valence-corrected chi connectivity index (χ2v) is 5.41. The summed E-state index contributed by atoms with van der Waals surface area (Å²) in [6, 6.07) is 0. The highest BCUT2D eigenvalue weighted by Crippen LogP contribution is 2.26. The van der Waals surface area contributed by atoms with E-state index in [1.165, 1.54) is 0 Å². The maximum atomic E-state index is 11.4. The minimum absolute atomic E-state index is 0.224. The van der Waals surface area contributed by atoms with Gasteiger partial charge in [-0.3, -0.25) is 0 Å². The molecule has 94 valence electrons. The average Bonchev–Trinajstić information content (AvgIpc) is 2.25. The van der Waals surface area contributed by atoms with Crippen molar-refractivity contribution in [3.05, 3.63) is 0 Å². The van der Waals surface area contributed by atoms with Gasteiger partial charge in [0.25, 0.3) is 0 Å². The van der Waals surface area contributed by atoms with Crippen LogP contribution in [0.5, 0.6) is 0 Å². The van der Waals surface area contributed by atoms with Crippen LogP contribution in [0.3, 0.4) is 0 Å². The summed E-state index contributed by atoms with van der Waals surface area (Å²) in [6.07, 6.45) is 1.93. The Morgan fingerprint density at radius 1 is 1.44 bits per heavy atom. The molecule has 4 heteroatoms. The summed E-state index contributed by atoms with van der Waals surface area (Å²) in [5.41, 5.74) is 0.224. The average molecular weight is 228 g/mol. The standard InChI is InChI=1S/C12H24N2O2/c1-10(2)8-16-11(15)14-9-12(3)4-6-13-7-5-12/h10,13H,4-9H2,1-3H3,(H,14,15). The van der Waals surface area contributed by atoms with E-state index in [-0.39, 0.29) is 11.5 Å². The second kappa shape index (κ2) is 6.09. The normalized spacial score (nSPS) is 19.5. The van der Waals surface area contributed by atoms with Crippen molar-refractivity contribution in [2.45, 2.75) is 33.6 Å². The number of hydrogen-bond acceptors (Lipinski definition) is 3. The molecule has 4 nitrogen and oxygen atoms in total. The number of rotatable bonds is 4. The highest BCUT2D eigenvalue weighted by Gasteiger charge is 2.27. The smallest absolute Gasteiger partial charge is 0.407 e. The molecule has 0 bridgehead atoms. The Morgan fingerprint density at radius 3 is 2.62 bits per heavy atom. The number of amides is 1. The molecule has 0 atom stereocenters. The highest BCUT2D eigenvalue weighted by atomic mass is 16.5. The van der Waals surface area contributed by atoms with Crippen molar-refractivity contribution in [2.24, 2.45) is 11.3 Å². The van der Waals surface area contributed by atoms with Gasteiger partial charge in [0.1, 0.15) is 0 Å². The summed E-state index contributed by atoms with van der Waals surface area (Å²) in [5, 5.41) is 6.18. The summed E-state index contributed by atoms with van der Waals surface area (Å²) in [7, 11) is 0. The molecule has 1 amide bonds. The van der Waals surface area contributed by atoms with E-state index in [9.17, 15) is 4.79 Å². The van der Waals surface area contributed by atoms with Crippen molar-refractivity contribution in [1.29, 1.82) is 0 Å². The summed E-state index contributed by atoms with van der Waals surface area (Å²) in [4.78, 5) is 11.4. The molecule has 1 saturated heterocycles. The van der Waals surface area contributed by atoms with Gasteiger partial charge in [-0.25, -0.2) is 4.79 Å². The lowest BCUT2D eigenvalue weighted by Crippen LogP contribution is -2.43. The molecule has 0 saturated carbocycles. The third-order valence-corrected chi connectivity index (χ3v) is 3.02. The van der Waals surface area contributed by atoms with Crippen LogP contribution < -0.4 is 10.6 Å². The molecule has 1 aliphatic heterocycles. The molecule has 0 aromatic carbocycles. The number of carbonyl (C=O) groups is 1. The summed E-state index contributed by atoms with van der Waals surface area (Å²) >= 11 is 0. The molecule has 0 aliphatic carbocycles. The van der Waals surface area contributed by atoms with Crippen LogP contribution in [0.15, 0.2) is 0 Å². The predicted molar refractivity (Wildman–Crippen MR) is 64.4 cm³/mol. The number of ether oxygens (including phenoxy) is 1. The van der Waals surface area contributed by atoms with E-state index in [0.29, 0.717) is 19.1 Å². The summed E-state index contributed by atoms with van der Waals surface area (Å²) < 4.78 is 5.07. The predicted octanol–water partition coefficient (Wildman–Crippen LogP) is 1.76. The van der Waals surface area contributed by atoms with Crippen LogP contribution in [0.25, 0.3) is 0 Å². The van der Waals surface area contributed by atoms with E-state index < -0.39 is 0 Å². The van der Waals surface area contributed by atoms with Crippen molar-refractivity contribution >= 4 is 6.09 Å². The molecule has 0 spiro atoms. The lowest BCUT2D eigenvalue weighted by Gasteiger charge is -2.33. The second-order valence-electron chi connectivity index (χ2n) is 5.41. The van der Waals surface area contributed by atoms with Crippen LogP contribution in [0, 0.1) is 11.3 Å². The molecule has 0 unspecified atom stereocenters. The Morgan fingerprint density at radius 2 is 2.06 bits per heavy atom. The van der Waals surface area contributed by atoms with E-state index in [0.717, 1.165) is 25.9 Å². The van der Waals surface area contributed by atoms with Gasteiger partial charge in [0.05, 0.1) is 6.61 Å². The Hall–Kier alpha value is -0.770. The van der Waals surface area contributed by atoms with Crippen molar-refractivity contribution < 1.29 is 9.53 Å². The molecule has 1 aliphatic rings. The van der Waals surface area contributed by atoms with E-state index in [1.807, 2.05) is 13.8 Å². The van der Waals surface area contributed by atoms with Crippen LogP contribution >= 0.6 is 0 Å². The molecule has 1 rings (SSSR count). The molecule has 0 aromatic heterocycles. The van der Waals surface area contributed by atoms with Gasteiger partial charge in [-0.1, -0.05) is 20.8 Å². The fraction of sp³-hybridized carbons (Fsp3) is 0.917. The van der Waals surface area contributed by atoms with E-state index >= 15 is 0 Å². The first kappa shape index (κ1) is 13.3. The fourth-order valence-corrected chi connectivity index (χ4v) is 1.79. The Bertz CT molecular complexity index is 223. The zero-order valence-electron chi connectivity index (χ0n) is 10.6. The van der Waals surface area contributed by atoms with Gasteiger partial charge in [-0.2, -0.15) is 0 Å². The number of alkyl carbamates (subject to hydrolysis) is 1. The summed E-state index contributed by atoms with van der Waals surface area (Å²) in [6.45, 7) is 9.56. The highest BCUT2D eigenvalue weighted by molar-refractivity contribution is 5.67. The number of hydrogen-bond donors (Lipinski definition) is 2. The minimum Gasteiger partial charge on any atom is -0.449 e. The summed E-state index contributed by atoms with van der Waals surface area (Å²) in [5.74, 6) is 0.389. The first-order valence-electron chi connectivity index (χ1n) is 6.13. The van der Waals surface area contributed by atoms with Crippen LogP contribution in [0.1, 0.15) is 33.6 Å². The topological polar surface area (TPSA) is 50.4 Å². The first-order chi connectivity index (χ1) is 7.52. The van der Waals surface area contributed by atoms with Crippen molar-refractivity contribution in [3.8, 4) is 0 Å². The third kappa shape index (κ3) is 4.84. The van der Waals surface area contributed by atoms with Crippen LogP contribution in [-0.4, -0.2) is 32.3 Å². The van der Waals surface area contributed by atoms with E-state index in [1.54, 1.807) is 0 Å². The Labute approximate surface area is 98.1 Å². The molecule has 1 heterocycles. The molecule has 16 heavy (non-hydrogen) atoms. The SMILES string of the molecule is CC(C)COC(=O)NCC1(C)CCNCC1. The van der Waals surface area contributed by atoms with Crippen LogP contribution in [0.4, 0.5) is 4.79 Å². The zero-order chi connectivity index (χ0) is 12.0. The van der Waals surface area contributed by atoms with Crippen molar-refractivity contribution in [1.82, 2.24) is 10.6 Å². The van der Waals surface area contributed by atoms with E-state index in [4.69, 9.17) is 4.74 Å². The maximum absolute atomic E-state index is 11.4. The third-order valence-electron chi connectivity index (χ3n) is 3.02. The largest absolute Gasteiger partial charge is 0.449 e. The molecular formula is C12H24N2O2. The first-order valence-corrected chi connectivity index (χ1v) is 6.13. The van der Waals surface area contributed by atoms with Crippen molar-refractivity contribution in [2.75, 3.05) is 26.2 Å².